The molecular weight excluding hydrogens is 411 g/mol. The highest BCUT2D eigenvalue weighted by atomic mass is 19.1. The molecule has 2 amide bonds. The van der Waals surface area contributed by atoms with Gasteiger partial charge in [0, 0.05) is 24.3 Å². The number of aromatic nitrogens is 2. The second-order valence-electron chi connectivity index (χ2n) is 7.92. The summed E-state index contributed by atoms with van der Waals surface area (Å²) < 4.78 is 20.4. The van der Waals surface area contributed by atoms with Crippen LogP contribution in [0.1, 0.15) is 38.5 Å². The third-order valence-corrected chi connectivity index (χ3v) is 5.92. The van der Waals surface area contributed by atoms with Crippen molar-refractivity contribution in [2.75, 3.05) is 31.6 Å². The first kappa shape index (κ1) is 20.4. The lowest BCUT2D eigenvalue weighted by Crippen LogP contribution is -2.41. The fourth-order valence-corrected chi connectivity index (χ4v) is 4.31. The highest BCUT2D eigenvalue weighted by Gasteiger charge is 2.28. The second-order valence-corrected chi connectivity index (χ2v) is 7.92. The number of hydrogen-bond donors (Lipinski definition) is 1. The lowest BCUT2D eigenvalue weighted by atomic mass is 10.1. The highest BCUT2D eigenvalue weighted by Crippen LogP contribution is 2.29. The third kappa shape index (κ3) is 3.78. The molecule has 164 valence electrons. The third-order valence-electron chi connectivity index (χ3n) is 5.92. The number of carbonyl (C=O) groups excluding carboxylic acids is 2. The van der Waals surface area contributed by atoms with Crippen LogP contribution in [0.5, 0.6) is 0 Å². The zero-order valence-electron chi connectivity index (χ0n) is 17.5. The molecule has 0 spiro atoms. The topological polar surface area (TPSA) is 76.5 Å². The van der Waals surface area contributed by atoms with Gasteiger partial charge in [-0.15, -0.1) is 0 Å². The van der Waals surface area contributed by atoms with Gasteiger partial charge in [0.2, 0.25) is 0 Å². The number of amides is 2. The van der Waals surface area contributed by atoms with Crippen LogP contribution in [-0.2, 0) is 17.6 Å². The van der Waals surface area contributed by atoms with E-state index < -0.39 is 0 Å². The van der Waals surface area contributed by atoms with Gasteiger partial charge in [0.15, 0.2) is 5.69 Å². The van der Waals surface area contributed by atoms with Gasteiger partial charge < -0.3 is 15.0 Å². The number of fused-ring (bicyclic) bond motifs is 1. The number of anilines is 1. The standard InChI is InChI=1S/C24H23FN4O3/c25-16-8-10-17(11-9-16)29-21-7-3-5-19(21)22(27-29)23(30)26-20-6-2-1-4-18(20)24(31)28-12-14-32-15-13-28/h1-2,4,6,8-11H,3,5,7,12-15H2,(H,26,30). The van der Waals surface area contributed by atoms with Crippen molar-refractivity contribution in [2.45, 2.75) is 19.3 Å². The summed E-state index contributed by atoms with van der Waals surface area (Å²) in [6.45, 7) is 2.06. The molecule has 7 nitrogen and oxygen atoms in total. The molecule has 1 aliphatic carbocycles. The molecule has 32 heavy (non-hydrogen) atoms. The number of para-hydroxylation sites is 1. The molecule has 2 aromatic carbocycles. The van der Waals surface area contributed by atoms with Crippen molar-refractivity contribution in [3.8, 4) is 5.69 Å². The molecule has 1 saturated heterocycles. The van der Waals surface area contributed by atoms with Gasteiger partial charge in [-0.25, -0.2) is 9.07 Å². The lowest BCUT2D eigenvalue weighted by molar-refractivity contribution is 0.0303. The Bertz CT molecular complexity index is 1170. The van der Waals surface area contributed by atoms with Crippen molar-refractivity contribution in [1.82, 2.24) is 14.7 Å². The van der Waals surface area contributed by atoms with Crippen molar-refractivity contribution in [3.05, 3.63) is 76.9 Å². The molecule has 0 radical (unpaired) electrons. The maximum absolute atomic E-state index is 13.4. The maximum Gasteiger partial charge on any atom is 0.276 e. The number of nitrogens with one attached hydrogen (secondary N) is 1. The summed E-state index contributed by atoms with van der Waals surface area (Å²) in [4.78, 5) is 28.0. The molecule has 0 bridgehead atoms. The van der Waals surface area contributed by atoms with E-state index in [2.05, 4.69) is 10.4 Å². The van der Waals surface area contributed by atoms with Gasteiger partial charge in [-0.3, -0.25) is 9.59 Å². The van der Waals surface area contributed by atoms with Crippen LogP contribution in [0, 0.1) is 5.82 Å². The molecule has 1 aromatic heterocycles. The van der Waals surface area contributed by atoms with Gasteiger partial charge in [-0.1, -0.05) is 12.1 Å². The van der Waals surface area contributed by atoms with Crippen molar-refractivity contribution in [1.29, 1.82) is 0 Å². The number of nitrogens with zero attached hydrogens (tertiary/aromatic N) is 3. The Hall–Kier alpha value is -3.52. The highest BCUT2D eigenvalue weighted by molar-refractivity contribution is 6.09. The van der Waals surface area contributed by atoms with E-state index in [9.17, 15) is 14.0 Å². The fourth-order valence-electron chi connectivity index (χ4n) is 4.31. The molecular formula is C24H23FN4O3. The summed E-state index contributed by atoms with van der Waals surface area (Å²) in [5, 5.41) is 7.46. The Kier molecular flexibility index (Phi) is 5.45. The van der Waals surface area contributed by atoms with E-state index in [1.807, 2.05) is 0 Å². The summed E-state index contributed by atoms with van der Waals surface area (Å²) in [5.74, 6) is -0.811. The van der Waals surface area contributed by atoms with E-state index in [1.54, 1.807) is 46.0 Å². The quantitative estimate of drug-likeness (QED) is 0.684. The minimum Gasteiger partial charge on any atom is -0.378 e. The van der Waals surface area contributed by atoms with Gasteiger partial charge >= 0.3 is 0 Å². The molecule has 1 N–H and O–H groups in total. The smallest absolute Gasteiger partial charge is 0.276 e. The van der Waals surface area contributed by atoms with Crippen LogP contribution in [0.3, 0.4) is 0 Å². The van der Waals surface area contributed by atoms with Crippen LogP contribution >= 0.6 is 0 Å². The summed E-state index contributed by atoms with van der Waals surface area (Å²) in [5.41, 5.74) is 3.83. The second kappa shape index (κ2) is 8.55. The summed E-state index contributed by atoms with van der Waals surface area (Å²) in [6, 6.07) is 13.1. The predicted molar refractivity (Wildman–Crippen MR) is 117 cm³/mol. The van der Waals surface area contributed by atoms with Crippen molar-refractivity contribution < 1.29 is 18.7 Å². The first-order valence-electron chi connectivity index (χ1n) is 10.8. The molecule has 2 heterocycles. The number of morpholine rings is 1. The Morgan fingerprint density at radius 1 is 1.00 bits per heavy atom. The fraction of sp³-hybridized carbons (Fsp3) is 0.292. The first-order chi connectivity index (χ1) is 15.6. The number of halogens is 1. The van der Waals surface area contributed by atoms with E-state index in [0.29, 0.717) is 48.9 Å². The first-order valence-corrected chi connectivity index (χ1v) is 10.8. The Labute approximate surface area is 184 Å². The van der Waals surface area contributed by atoms with E-state index in [-0.39, 0.29) is 17.6 Å². The van der Waals surface area contributed by atoms with Gasteiger partial charge in [0.05, 0.1) is 30.2 Å². The van der Waals surface area contributed by atoms with Crippen molar-refractivity contribution in [3.63, 3.8) is 0 Å². The largest absolute Gasteiger partial charge is 0.378 e. The van der Waals surface area contributed by atoms with Crippen LogP contribution in [-0.4, -0.2) is 52.8 Å². The van der Waals surface area contributed by atoms with Gasteiger partial charge in [0.25, 0.3) is 11.8 Å². The van der Waals surface area contributed by atoms with Gasteiger partial charge in [0.1, 0.15) is 5.82 Å². The lowest BCUT2D eigenvalue weighted by Gasteiger charge is -2.27. The number of carbonyl (C=O) groups is 2. The molecule has 1 fully saturated rings. The normalized spacial score (nSPS) is 15.5. The van der Waals surface area contributed by atoms with Crippen molar-refractivity contribution in [2.24, 2.45) is 0 Å². The van der Waals surface area contributed by atoms with E-state index >= 15 is 0 Å². The molecule has 2 aliphatic rings. The number of hydrogen-bond acceptors (Lipinski definition) is 4. The SMILES string of the molecule is O=C(Nc1ccccc1C(=O)N1CCOCC1)c1nn(-c2ccc(F)cc2)c2c1CCC2. The molecule has 5 rings (SSSR count). The Balaban J connectivity index is 1.44. The molecule has 8 heteroatoms. The number of rotatable bonds is 4. The van der Waals surface area contributed by atoms with Crippen molar-refractivity contribution >= 4 is 17.5 Å². The summed E-state index contributed by atoms with van der Waals surface area (Å²) in [7, 11) is 0. The minimum absolute atomic E-state index is 0.133. The van der Waals surface area contributed by atoms with Crippen LogP contribution in [0.25, 0.3) is 5.69 Å². The summed E-state index contributed by atoms with van der Waals surface area (Å²) in [6.07, 6.45) is 2.49. The monoisotopic (exact) mass is 434 g/mol. The van der Waals surface area contributed by atoms with Gasteiger partial charge in [-0.05, 0) is 55.7 Å². The van der Waals surface area contributed by atoms with Crippen LogP contribution in [0.4, 0.5) is 10.1 Å². The zero-order valence-corrected chi connectivity index (χ0v) is 17.5. The van der Waals surface area contributed by atoms with Crippen LogP contribution in [0.2, 0.25) is 0 Å². The molecule has 0 atom stereocenters. The van der Waals surface area contributed by atoms with E-state index in [0.717, 1.165) is 30.5 Å². The molecule has 1 aliphatic heterocycles. The maximum atomic E-state index is 13.4. The average Bonchev–Trinajstić information content (AvgIpc) is 3.43. The molecule has 0 unspecified atom stereocenters. The Morgan fingerprint density at radius 2 is 1.75 bits per heavy atom. The van der Waals surface area contributed by atoms with Gasteiger partial charge in [-0.2, -0.15) is 5.10 Å². The average molecular weight is 434 g/mol. The predicted octanol–water partition coefficient (Wildman–Crippen LogP) is 3.22. The minimum atomic E-state index is -0.355. The van der Waals surface area contributed by atoms with Crippen LogP contribution < -0.4 is 5.32 Å². The van der Waals surface area contributed by atoms with Crippen LogP contribution in [0.15, 0.2) is 48.5 Å². The zero-order chi connectivity index (χ0) is 22.1. The van der Waals surface area contributed by atoms with E-state index in [1.165, 1.54) is 12.1 Å². The number of benzene rings is 2. The molecule has 3 aromatic rings. The van der Waals surface area contributed by atoms with E-state index in [4.69, 9.17) is 4.74 Å². The summed E-state index contributed by atoms with van der Waals surface area (Å²) >= 11 is 0. The Morgan fingerprint density at radius 3 is 2.53 bits per heavy atom. The molecule has 0 saturated carbocycles. The number of ether oxygens (including phenoxy) is 1.